The first kappa shape index (κ1) is 20.7. The highest BCUT2D eigenvalue weighted by molar-refractivity contribution is 5.84. The summed E-state index contributed by atoms with van der Waals surface area (Å²) in [6.07, 6.45) is 2.27. The van der Waals surface area contributed by atoms with E-state index < -0.39 is 0 Å². The molecule has 28 heavy (non-hydrogen) atoms. The molecule has 0 bridgehead atoms. The molecule has 5 nitrogen and oxygen atoms in total. The number of methoxy groups -OCH3 is 2. The van der Waals surface area contributed by atoms with Crippen LogP contribution in [-0.2, 0) is 11.3 Å². The first-order valence-electron chi connectivity index (χ1n) is 10.1. The van der Waals surface area contributed by atoms with Gasteiger partial charge in [-0.15, -0.1) is 0 Å². The first-order valence-corrected chi connectivity index (χ1v) is 10.1. The molecule has 2 atom stereocenters. The minimum atomic E-state index is 0.0828. The van der Waals surface area contributed by atoms with Gasteiger partial charge in [-0.3, -0.25) is 9.69 Å². The minimum Gasteiger partial charge on any atom is -0.497 e. The fourth-order valence-electron chi connectivity index (χ4n) is 4.39. The van der Waals surface area contributed by atoms with Crippen LogP contribution in [0.2, 0.25) is 0 Å². The molecule has 1 aliphatic heterocycles. The van der Waals surface area contributed by atoms with Crippen LogP contribution in [0.3, 0.4) is 0 Å². The number of rotatable bonds is 6. The average Bonchev–Trinajstić information content (AvgIpc) is 3.20. The normalized spacial score (nSPS) is 23.9. The van der Waals surface area contributed by atoms with Crippen LogP contribution < -0.4 is 9.47 Å². The summed E-state index contributed by atoms with van der Waals surface area (Å²) < 4.78 is 10.9. The van der Waals surface area contributed by atoms with Gasteiger partial charge in [-0.25, -0.2) is 0 Å². The molecule has 1 heterocycles. The molecular weight excluding hydrogens is 352 g/mol. The van der Waals surface area contributed by atoms with Gasteiger partial charge in [0, 0.05) is 38.3 Å². The van der Waals surface area contributed by atoms with E-state index in [1.165, 1.54) is 5.57 Å². The number of carbonyl (C=O) groups is 1. The number of piperazine rings is 1. The third-order valence-electron chi connectivity index (χ3n) is 6.26. The van der Waals surface area contributed by atoms with Crippen molar-refractivity contribution >= 4 is 5.91 Å². The van der Waals surface area contributed by atoms with Crippen molar-refractivity contribution in [1.82, 2.24) is 9.80 Å². The molecule has 1 aromatic carbocycles. The second-order valence-corrected chi connectivity index (χ2v) is 8.85. The van der Waals surface area contributed by atoms with Gasteiger partial charge in [0.2, 0.25) is 5.91 Å². The molecule has 3 rings (SSSR count). The second kappa shape index (κ2) is 8.16. The highest BCUT2D eigenvalue weighted by atomic mass is 16.5. The van der Waals surface area contributed by atoms with Crippen LogP contribution in [0.25, 0.3) is 0 Å². The van der Waals surface area contributed by atoms with E-state index in [0.717, 1.165) is 49.8 Å². The quantitative estimate of drug-likeness (QED) is 0.701. The van der Waals surface area contributed by atoms with Crippen LogP contribution in [0.1, 0.15) is 33.3 Å². The third-order valence-corrected chi connectivity index (χ3v) is 6.26. The third kappa shape index (κ3) is 4.19. The first-order chi connectivity index (χ1) is 13.3. The number of allylic oxidation sites excluding steroid dienone is 2. The number of benzene rings is 1. The minimum absolute atomic E-state index is 0.0828. The molecule has 1 aromatic rings. The summed E-state index contributed by atoms with van der Waals surface area (Å²) in [5, 5.41) is 0. The molecule has 154 valence electrons. The molecule has 0 radical (unpaired) electrons. The molecule has 5 heteroatoms. The van der Waals surface area contributed by atoms with Crippen molar-refractivity contribution in [2.75, 3.05) is 40.4 Å². The smallest absolute Gasteiger partial charge is 0.226 e. The largest absolute Gasteiger partial charge is 0.497 e. The number of nitrogens with zero attached hydrogens (tertiary/aromatic N) is 2. The summed E-state index contributed by atoms with van der Waals surface area (Å²) in [7, 11) is 3.38. The monoisotopic (exact) mass is 386 g/mol. The lowest BCUT2D eigenvalue weighted by molar-refractivity contribution is -0.135. The van der Waals surface area contributed by atoms with Crippen molar-refractivity contribution in [1.29, 1.82) is 0 Å². The predicted octanol–water partition coefficient (Wildman–Crippen LogP) is 3.59. The molecule has 1 saturated heterocycles. The van der Waals surface area contributed by atoms with Crippen molar-refractivity contribution < 1.29 is 14.3 Å². The molecule has 0 aromatic heterocycles. The second-order valence-electron chi connectivity index (χ2n) is 8.85. The van der Waals surface area contributed by atoms with Gasteiger partial charge >= 0.3 is 0 Å². The lowest BCUT2D eigenvalue weighted by Crippen LogP contribution is -2.49. The average molecular weight is 387 g/mol. The van der Waals surface area contributed by atoms with Gasteiger partial charge in [-0.05, 0) is 43.4 Å². The van der Waals surface area contributed by atoms with Crippen molar-refractivity contribution in [2.45, 2.75) is 34.2 Å². The van der Waals surface area contributed by atoms with E-state index in [1.54, 1.807) is 14.2 Å². The topological polar surface area (TPSA) is 42.0 Å². The Kier molecular flexibility index (Phi) is 6.04. The molecule has 1 saturated carbocycles. The van der Waals surface area contributed by atoms with E-state index >= 15 is 0 Å². The number of hydrogen-bond donors (Lipinski definition) is 0. The molecule has 1 amide bonds. The van der Waals surface area contributed by atoms with Crippen LogP contribution >= 0.6 is 0 Å². The maximum absolute atomic E-state index is 13.1. The van der Waals surface area contributed by atoms with E-state index in [1.807, 2.05) is 18.2 Å². The molecule has 0 spiro atoms. The van der Waals surface area contributed by atoms with Gasteiger partial charge in [0.05, 0.1) is 20.1 Å². The fourth-order valence-corrected chi connectivity index (χ4v) is 4.39. The van der Waals surface area contributed by atoms with Gasteiger partial charge in [0.15, 0.2) is 0 Å². The van der Waals surface area contributed by atoms with E-state index in [2.05, 4.69) is 43.6 Å². The van der Waals surface area contributed by atoms with Crippen LogP contribution in [0.15, 0.2) is 29.8 Å². The maximum Gasteiger partial charge on any atom is 0.226 e. The fraction of sp³-hybridized carbons (Fsp3) is 0.609. The zero-order valence-electron chi connectivity index (χ0n) is 18.1. The Hall–Kier alpha value is -2.01. The summed E-state index contributed by atoms with van der Waals surface area (Å²) in [6.45, 7) is 12.8. The van der Waals surface area contributed by atoms with Crippen LogP contribution in [0, 0.1) is 17.3 Å². The molecular formula is C23H34N2O3. The predicted molar refractivity (Wildman–Crippen MR) is 112 cm³/mol. The highest BCUT2D eigenvalue weighted by Gasteiger charge is 2.61. The van der Waals surface area contributed by atoms with E-state index in [0.29, 0.717) is 11.8 Å². The summed E-state index contributed by atoms with van der Waals surface area (Å²) in [5.41, 5.74) is 2.50. The number of ether oxygens (including phenoxy) is 2. The molecule has 0 N–H and O–H groups in total. The van der Waals surface area contributed by atoms with Crippen LogP contribution in [0.5, 0.6) is 11.5 Å². The molecule has 1 aliphatic carbocycles. The number of carbonyl (C=O) groups excluding carboxylic acids is 1. The zero-order chi connectivity index (χ0) is 20.5. The summed E-state index contributed by atoms with van der Waals surface area (Å²) in [6, 6.07) is 5.90. The number of amides is 1. The Morgan fingerprint density at radius 2 is 1.82 bits per heavy atom. The van der Waals surface area contributed by atoms with E-state index in [9.17, 15) is 4.79 Å². The van der Waals surface area contributed by atoms with Gasteiger partial charge in [0.25, 0.3) is 0 Å². The molecule has 2 aliphatic rings. The van der Waals surface area contributed by atoms with E-state index in [4.69, 9.17) is 9.47 Å². The zero-order valence-corrected chi connectivity index (χ0v) is 18.1. The summed E-state index contributed by atoms with van der Waals surface area (Å²) >= 11 is 0. The van der Waals surface area contributed by atoms with Crippen molar-refractivity contribution in [3.8, 4) is 11.5 Å². The Morgan fingerprint density at radius 1 is 1.14 bits per heavy atom. The van der Waals surface area contributed by atoms with Gasteiger partial charge in [-0.2, -0.15) is 0 Å². The van der Waals surface area contributed by atoms with Crippen molar-refractivity contribution in [2.24, 2.45) is 17.3 Å². The maximum atomic E-state index is 13.1. The van der Waals surface area contributed by atoms with Crippen LogP contribution in [-0.4, -0.2) is 56.1 Å². The van der Waals surface area contributed by atoms with Crippen LogP contribution in [0.4, 0.5) is 0 Å². The Morgan fingerprint density at radius 3 is 2.39 bits per heavy atom. The molecule has 2 fully saturated rings. The number of hydrogen-bond acceptors (Lipinski definition) is 4. The Bertz CT molecular complexity index is 744. The summed E-state index contributed by atoms with van der Waals surface area (Å²) in [5.74, 6) is 2.55. The standard InChI is InChI=1S/C23H34N2O3/c1-16(2)13-19-21(23(19,3)4)22(26)25-11-9-24(10-12-25)15-17-14-18(27-5)7-8-20(17)28-6/h7-8,13-14,19,21H,9-12,15H2,1-6H3. The van der Waals surface area contributed by atoms with Crippen molar-refractivity contribution in [3.05, 3.63) is 35.4 Å². The summed E-state index contributed by atoms with van der Waals surface area (Å²) in [4.78, 5) is 17.5. The lowest BCUT2D eigenvalue weighted by Gasteiger charge is -2.35. The SMILES string of the molecule is COc1ccc(OC)c(CN2CCN(C(=O)C3C(C=C(C)C)C3(C)C)CC2)c1. The highest BCUT2D eigenvalue weighted by Crippen LogP contribution is 2.60. The Labute approximate surface area is 169 Å². The van der Waals surface area contributed by atoms with Crippen molar-refractivity contribution in [3.63, 3.8) is 0 Å². The van der Waals surface area contributed by atoms with E-state index in [-0.39, 0.29) is 11.3 Å². The van der Waals surface area contributed by atoms with Gasteiger partial charge in [-0.1, -0.05) is 25.5 Å². The van der Waals surface area contributed by atoms with Gasteiger partial charge < -0.3 is 14.4 Å². The van der Waals surface area contributed by atoms with Gasteiger partial charge in [0.1, 0.15) is 11.5 Å². The molecule has 2 unspecified atom stereocenters. The Balaban J connectivity index is 1.58. The lowest BCUT2D eigenvalue weighted by atomic mass is 10.1.